The van der Waals surface area contributed by atoms with E-state index in [-0.39, 0.29) is 5.78 Å². The predicted octanol–water partition coefficient (Wildman–Crippen LogP) is 3.69. The molecule has 0 aliphatic heterocycles. The van der Waals surface area contributed by atoms with E-state index in [2.05, 4.69) is 12.1 Å². The topological polar surface area (TPSA) is 37.3 Å². The van der Waals surface area contributed by atoms with Crippen LogP contribution in [0.1, 0.15) is 67.8 Å². The lowest BCUT2D eigenvalue weighted by Crippen LogP contribution is -2.31. The number of aliphatic hydroxyl groups is 1. The molecule has 1 fully saturated rings. The molecule has 1 saturated carbocycles. The lowest BCUT2D eigenvalue weighted by Gasteiger charge is -2.22. The van der Waals surface area contributed by atoms with Crippen LogP contribution < -0.4 is 0 Å². The summed E-state index contributed by atoms with van der Waals surface area (Å²) in [6, 6.07) is 7.80. The Morgan fingerprint density at radius 2 is 1.67 bits per heavy atom. The van der Waals surface area contributed by atoms with Crippen molar-refractivity contribution in [3.8, 4) is 0 Å². The molecule has 0 unspecified atom stereocenters. The van der Waals surface area contributed by atoms with Crippen LogP contribution in [-0.4, -0.2) is 16.5 Å². The van der Waals surface area contributed by atoms with Crippen LogP contribution in [0.15, 0.2) is 24.3 Å². The first-order valence-electron chi connectivity index (χ1n) is 6.85. The van der Waals surface area contributed by atoms with E-state index in [4.69, 9.17) is 0 Å². The summed E-state index contributed by atoms with van der Waals surface area (Å²) >= 11 is 0. The van der Waals surface area contributed by atoms with Crippen molar-refractivity contribution in [1.29, 1.82) is 0 Å². The molecule has 1 aromatic rings. The Balaban J connectivity index is 2.12. The first kappa shape index (κ1) is 13.3. The number of carbonyl (C=O) groups is 1. The molecule has 0 spiro atoms. The smallest absolute Gasteiger partial charge is 0.193 e. The summed E-state index contributed by atoms with van der Waals surface area (Å²) in [5.74, 6) is 0.447. The third kappa shape index (κ3) is 2.99. The van der Waals surface area contributed by atoms with Gasteiger partial charge < -0.3 is 5.11 Å². The number of benzene rings is 1. The second-order valence-corrected chi connectivity index (χ2v) is 5.85. The van der Waals surface area contributed by atoms with Crippen molar-refractivity contribution in [2.75, 3.05) is 0 Å². The van der Waals surface area contributed by atoms with Gasteiger partial charge in [0.15, 0.2) is 5.78 Å². The second-order valence-electron chi connectivity index (χ2n) is 5.85. The van der Waals surface area contributed by atoms with Gasteiger partial charge in [0.05, 0.1) is 0 Å². The second kappa shape index (κ2) is 5.23. The highest BCUT2D eigenvalue weighted by molar-refractivity contribution is 6.01. The Morgan fingerprint density at radius 3 is 2.17 bits per heavy atom. The van der Waals surface area contributed by atoms with Crippen LogP contribution in [0.3, 0.4) is 0 Å². The maximum atomic E-state index is 11.9. The zero-order valence-electron chi connectivity index (χ0n) is 11.3. The van der Waals surface area contributed by atoms with Gasteiger partial charge in [-0.15, -0.1) is 0 Å². The Kier molecular flexibility index (Phi) is 3.86. The number of hydrogen-bond acceptors (Lipinski definition) is 2. The SMILES string of the molecule is CC(C)(O)C(=O)c1ccc(C2CCCCC2)cc1. The molecule has 0 radical (unpaired) electrons. The summed E-state index contributed by atoms with van der Waals surface area (Å²) < 4.78 is 0. The number of rotatable bonds is 3. The van der Waals surface area contributed by atoms with Gasteiger partial charge in [0.25, 0.3) is 0 Å². The lowest BCUT2D eigenvalue weighted by molar-refractivity contribution is 0.0488. The molecule has 0 saturated heterocycles. The van der Waals surface area contributed by atoms with Crippen molar-refractivity contribution in [1.82, 2.24) is 0 Å². The minimum atomic E-state index is -1.29. The average molecular weight is 246 g/mol. The van der Waals surface area contributed by atoms with E-state index in [0.29, 0.717) is 11.5 Å². The number of ketones is 1. The number of Topliss-reactive ketones (excluding diaryl/α,β-unsaturated/α-hetero) is 1. The summed E-state index contributed by atoms with van der Waals surface area (Å²) in [6.45, 7) is 3.06. The van der Waals surface area contributed by atoms with Crippen LogP contribution in [0.4, 0.5) is 0 Å². The summed E-state index contributed by atoms with van der Waals surface area (Å²) in [6.07, 6.45) is 6.51. The van der Waals surface area contributed by atoms with Gasteiger partial charge in [-0.2, -0.15) is 0 Å². The molecule has 1 aliphatic carbocycles. The summed E-state index contributed by atoms with van der Waals surface area (Å²) in [5, 5.41) is 9.71. The predicted molar refractivity (Wildman–Crippen MR) is 72.9 cm³/mol. The van der Waals surface area contributed by atoms with Crippen LogP contribution in [0.5, 0.6) is 0 Å². The average Bonchev–Trinajstić information content (AvgIpc) is 2.38. The van der Waals surface area contributed by atoms with Gasteiger partial charge >= 0.3 is 0 Å². The Labute approximate surface area is 109 Å². The van der Waals surface area contributed by atoms with Gasteiger partial charge in [-0.3, -0.25) is 4.79 Å². The normalized spacial score (nSPS) is 17.7. The minimum Gasteiger partial charge on any atom is -0.382 e. The summed E-state index contributed by atoms with van der Waals surface area (Å²) in [4.78, 5) is 11.9. The molecule has 2 rings (SSSR count). The Bertz CT molecular complexity index is 406. The molecule has 2 nitrogen and oxygen atoms in total. The quantitative estimate of drug-likeness (QED) is 0.826. The molecule has 0 amide bonds. The van der Waals surface area contributed by atoms with Gasteiger partial charge in [-0.05, 0) is 38.2 Å². The van der Waals surface area contributed by atoms with E-state index in [1.807, 2.05) is 12.1 Å². The molecule has 98 valence electrons. The van der Waals surface area contributed by atoms with E-state index >= 15 is 0 Å². The zero-order chi connectivity index (χ0) is 13.2. The fraction of sp³-hybridized carbons (Fsp3) is 0.562. The van der Waals surface area contributed by atoms with Gasteiger partial charge in [0.2, 0.25) is 0 Å². The largest absolute Gasteiger partial charge is 0.382 e. The van der Waals surface area contributed by atoms with Gasteiger partial charge in [-0.25, -0.2) is 0 Å². The van der Waals surface area contributed by atoms with Crippen molar-refractivity contribution in [2.24, 2.45) is 0 Å². The van der Waals surface area contributed by atoms with Crippen molar-refractivity contribution >= 4 is 5.78 Å². The Morgan fingerprint density at radius 1 is 1.11 bits per heavy atom. The van der Waals surface area contributed by atoms with Crippen LogP contribution >= 0.6 is 0 Å². The molecular weight excluding hydrogens is 224 g/mol. The minimum absolute atomic E-state index is 0.210. The van der Waals surface area contributed by atoms with Crippen LogP contribution in [-0.2, 0) is 0 Å². The van der Waals surface area contributed by atoms with E-state index in [1.54, 1.807) is 0 Å². The molecule has 1 aliphatic rings. The monoisotopic (exact) mass is 246 g/mol. The van der Waals surface area contributed by atoms with Gasteiger partial charge in [0, 0.05) is 5.56 Å². The highest BCUT2D eigenvalue weighted by atomic mass is 16.3. The first-order chi connectivity index (χ1) is 8.48. The third-order valence-corrected chi connectivity index (χ3v) is 3.81. The van der Waals surface area contributed by atoms with Crippen molar-refractivity contribution in [3.63, 3.8) is 0 Å². The standard InChI is InChI=1S/C16H22O2/c1-16(2,18)15(17)14-10-8-13(9-11-14)12-6-4-3-5-7-12/h8-12,18H,3-7H2,1-2H3. The van der Waals surface area contributed by atoms with E-state index in [0.717, 1.165) is 0 Å². The van der Waals surface area contributed by atoms with E-state index in [9.17, 15) is 9.90 Å². The summed E-state index contributed by atoms with van der Waals surface area (Å²) in [5.41, 5.74) is 0.649. The van der Waals surface area contributed by atoms with Crippen LogP contribution in [0.25, 0.3) is 0 Å². The van der Waals surface area contributed by atoms with Gasteiger partial charge in [0.1, 0.15) is 5.60 Å². The number of hydrogen-bond donors (Lipinski definition) is 1. The number of carbonyl (C=O) groups excluding carboxylic acids is 1. The maximum Gasteiger partial charge on any atom is 0.193 e. The molecular formula is C16H22O2. The molecule has 0 bridgehead atoms. The maximum absolute atomic E-state index is 11.9. The van der Waals surface area contributed by atoms with E-state index in [1.165, 1.54) is 51.5 Å². The molecule has 1 aromatic carbocycles. The van der Waals surface area contributed by atoms with Crippen LogP contribution in [0, 0.1) is 0 Å². The third-order valence-electron chi connectivity index (χ3n) is 3.81. The molecule has 0 heterocycles. The highest BCUT2D eigenvalue weighted by Crippen LogP contribution is 2.32. The molecule has 18 heavy (non-hydrogen) atoms. The highest BCUT2D eigenvalue weighted by Gasteiger charge is 2.25. The van der Waals surface area contributed by atoms with Crippen molar-refractivity contribution in [3.05, 3.63) is 35.4 Å². The van der Waals surface area contributed by atoms with Crippen LogP contribution in [0.2, 0.25) is 0 Å². The molecule has 1 N–H and O–H groups in total. The Hall–Kier alpha value is -1.15. The fourth-order valence-electron chi connectivity index (χ4n) is 2.70. The zero-order valence-corrected chi connectivity index (χ0v) is 11.3. The molecule has 0 atom stereocenters. The van der Waals surface area contributed by atoms with Crippen molar-refractivity contribution < 1.29 is 9.90 Å². The fourth-order valence-corrected chi connectivity index (χ4v) is 2.70. The van der Waals surface area contributed by atoms with Gasteiger partial charge in [-0.1, -0.05) is 43.5 Å². The first-order valence-corrected chi connectivity index (χ1v) is 6.85. The molecule has 0 aromatic heterocycles. The molecule has 2 heteroatoms. The summed E-state index contributed by atoms with van der Waals surface area (Å²) in [7, 11) is 0. The van der Waals surface area contributed by atoms with E-state index < -0.39 is 5.60 Å². The lowest BCUT2D eigenvalue weighted by atomic mass is 9.83. The van der Waals surface area contributed by atoms with Crippen molar-refractivity contribution in [2.45, 2.75) is 57.5 Å².